The molecule has 1 heterocycles. The highest BCUT2D eigenvalue weighted by atomic mass is 16.2. The van der Waals surface area contributed by atoms with Gasteiger partial charge in [0.2, 0.25) is 0 Å². The Balaban J connectivity index is 2.31. The summed E-state index contributed by atoms with van der Waals surface area (Å²) in [6.07, 6.45) is 1.49. The van der Waals surface area contributed by atoms with Crippen LogP contribution < -0.4 is 10.6 Å². The molecule has 1 aromatic heterocycles. The lowest BCUT2D eigenvalue weighted by molar-refractivity contribution is 0.0993. The number of rotatable bonds is 2. The van der Waals surface area contributed by atoms with Crippen LogP contribution in [0.25, 0.3) is 0 Å². The minimum absolute atomic E-state index is 0.204. The van der Waals surface area contributed by atoms with Gasteiger partial charge in [-0.3, -0.25) is 4.79 Å². The van der Waals surface area contributed by atoms with Crippen LogP contribution in [0.3, 0.4) is 0 Å². The smallest absolute Gasteiger partial charge is 0.258 e. The average Bonchev–Trinajstić information content (AvgIpc) is 2.45. The normalized spacial score (nSPS) is 9.68. The first kappa shape index (κ1) is 12.6. The predicted octanol–water partition coefficient (Wildman–Crippen LogP) is 1.81. The van der Waals surface area contributed by atoms with Gasteiger partial charge in [0.1, 0.15) is 5.82 Å². The molecular formula is C14H12N4O. The van der Waals surface area contributed by atoms with Gasteiger partial charge in [0.25, 0.3) is 5.91 Å². The highest BCUT2D eigenvalue weighted by Crippen LogP contribution is 2.17. The third-order valence-electron chi connectivity index (χ3n) is 2.70. The van der Waals surface area contributed by atoms with Crippen molar-refractivity contribution in [1.82, 2.24) is 4.98 Å². The van der Waals surface area contributed by atoms with Crippen molar-refractivity contribution >= 4 is 17.4 Å². The molecule has 5 heteroatoms. The summed E-state index contributed by atoms with van der Waals surface area (Å²) in [7, 11) is 1.65. The summed E-state index contributed by atoms with van der Waals surface area (Å²) in [5.74, 6) is 0.0919. The van der Waals surface area contributed by atoms with E-state index in [-0.39, 0.29) is 5.91 Å². The number of anilines is 2. The molecule has 0 atom stereocenters. The SMILES string of the molecule is CN(C(=O)c1ccnc(N)c1)c1cccc(C#N)c1. The van der Waals surface area contributed by atoms with E-state index >= 15 is 0 Å². The second-order valence-electron chi connectivity index (χ2n) is 4.00. The zero-order valence-corrected chi connectivity index (χ0v) is 10.4. The van der Waals surface area contributed by atoms with Gasteiger partial charge < -0.3 is 10.6 Å². The molecular weight excluding hydrogens is 240 g/mol. The van der Waals surface area contributed by atoms with Crippen LogP contribution in [0.2, 0.25) is 0 Å². The largest absolute Gasteiger partial charge is 0.384 e. The lowest BCUT2D eigenvalue weighted by atomic mass is 10.2. The molecule has 1 aromatic carbocycles. The maximum atomic E-state index is 12.3. The monoisotopic (exact) mass is 252 g/mol. The third kappa shape index (κ3) is 2.69. The third-order valence-corrected chi connectivity index (χ3v) is 2.70. The zero-order valence-electron chi connectivity index (χ0n) is 10.4. The van der Waals surface area contributed by atoms with Gasteiger partial charge in [0, 0.05) is 24.5 Å². The van der Waals surface area contributed by atoms with E-state index in [9.17, 15) is 4.79 Å². The fourth-order valence-electron chi connectivity index (χ4n) is 1.68. The van der Waals surface area contributed by atoms with E-state index in [1.165, 1.54) is 17.2 Å². The Bertz CT molecular complexity index is 660. The minimum Gasteiger partial charge on any atom is -0.384 e. The Morgan fingerprint density at radius 1 is 1.37 bits per heavy atom. The molecule has 0 spiro atoms. The maximum absolute atomic E-state index is 12.3. The van der Waals surface area contributed by atoms with Gasteiger partial charge in [0.15, 0.2) is 0 Å². The number of nitriles is 1. The standard InChI is InChI=1S/C14H12N4O/c1-18(12-4-2-3-10(7-12)9-15)14(19)11-5-6-17-13(16)8-11/h2-8H,1H3,(H2,16,17). The van der Waals surface area contributed by atoms with Gasteiger partial charge in [-0.1, -0.05) is 6.07 Å². The minimum atomic E-state index is -0.204. The van der Waals surface area contributed by atoms with Crippen LogP contribution in [-0.2, 0) is 0 Å². The fourth-order valence-corrected chi connectivity index (χ4v) is 1.68. The summed E-state index contributed by atoms with van der Waals surface area (Å²) in [5.41, 5.74) is 7.17. The van der Waals surface area contributed by atoms with Crippen molar-refractivity contribution in [2.24, 2.45) is 0 Å². The summed E-state index contributed by atoms with van der Waals surface area (Å²) >= 11 is 0. The molecule has 5 nitrogen and oxygen atoms in total. The molecule has 0 saturated heterocycles. The number of aromatic nitrogens is 1. The molecule has 2 N–H and O–H groups in total. The molecule has 2 rings (SSSR count). The molecule has 0 aliphatic carbocycles. The number of carbonyl (C=O) groups is 1. The van der Waals surface area contributed by atoms with E-state index in [0.29, 0.717) is 22.6 Å². The van der Waals surface area contributed by atoms with E-state index in [4.69, 9.17) is 11.0 Å². The van der Waals surface area contributed by atoms with Crippen LogP contribution >= 0.6 is 0 Å². The summed E-state index contributed by atoms with van der Waals surface area (Å²) in [6, 6.07) is 12.0. The van der Waals surface area contributed by atoms with Crippen LogP contribution in [0.5, 0.6) is 0 Å². The predicted molar refractivity (Wildman–Crippen MR) is 72.5 cm³/mol. The van der Waals surface area contributed by atoms with Crippen molar-refractivity contribution in [3.63, 3.8) is 0 Å². The van der Waals surface area contributed by atoms with Crippen LogP contribution in [0.15, 0.2) is 42.6 Å². The van der Waals surface area contributed by atoms with Gasteiger partial charge in [-0.15, -0.1) is 0 Å². The second kappa shape index (κ2) is 5.19. The van der Waals surface area contributed by atoms with Gasteiger partial charge >= 0.3 is 0 Å². The molecule has 0 saturated carbocycles. The van der Waals surface area contributed by atoms with Crippen molar-refractivity contribution in [3.8, 4) is 6.07 Å². The summed E-state index contributed by atoms with van der Waals surface area (Å²) < 4.78 is 0. The van der Waals surface area contributed by atoms with Crippen LogP contribution in [-0.4, -0.2) is 17.9 Å². The molecule has 0 aliphatic heterocycles. The van der Waals surface area contributed by atoms with E-state index in [1.807, 2.05) is 6.07 Å². The number of amides is 1. The topological polar surface area (TPSA) is 83.0 Å². The second-order valence-corrected chi connectivity index (χ2v) is 4.00. The van der Waals surface area contributed by atoms with E-state index in [1.54, 1.807) is 37.4 Å². The van der Waals surface area contributed by atoms with Gasteiger partial charge in [-0.2, -0.15) is 5.26 Å². The summed E-state index contributed by atoms with van der Waals surface area (Å²) in [4.78, 5) is 17.6. The van der Waals surface area contributed by atoms with Gasteiger partial charge in [-0.05, 0) is 30.3 Å². The number of nitrogens with two attached hydrogens (primary N) is 1. The van der Waals surface area contributed by atoms with Crippen molar-refractivity contribution < 1.29 is 4.79 Å². The zero-order chi connectivity index (χ0) is 13.8. The molecule has 94 valence electrons. The molecule has 0 unspecified atom stereocenters. The molecule has 0 radical (unpaired) electrons. The molecule has 2 aromatic rings. The number of carbonyl (C=O) groups excluding carboxylic acids is 1. The average molecular weight is 252 g/mol. The lowest BCUT2D eigenvalue weighted by Crippen LogP contribution is -2.26. The Labute approximate surface area is 110 Å². The molecule has 0 aliphatic rings. The van der Waals surface area contributed by atoms with Crippen molar-refractivity contribution in [1.29, 1.82) is 5.26 Å². The Kier molecular flexibility index (Phi) is 3.44. The highest BCUT2D eigenvalue weighted by Gasteiger charge is 2.14. The Morgan fingerprint density at radius 2 is 2.16 bits per heavy atom. The molecule has 0 bridgehead atoms. The number of hydrogen-bond acceptors (Lipinski definition) is 4. The highest BCUT2D eigenvalue weighted by molar-refractivity contribution is 6.06. The number of nitrogens with zero attached hydrogens (tertiary/aromatic N) is 3. The number of pyridine rings is 1. The van der Waals surface area contributed by atoms with Crippen LogP contribution in [0.4, 0.5) is 11.5 Å². The van der Waals surface area contributed by atoms with E-state index in [0.717, 1.165) is 0 Å². The van der Waals surface area contributed by atoms with Crippen LogP contribution in [0, 0.1) is 11.3 Å². The van der Waals surface area contributed by atoms with Crippen molar-refractivity contribution in [2.45, 2.75) is 0 Å². The number of benzene rings is 1. The number of nitrogen functional groups attached to an aromatic ring is 1. The summed E-state index contributed by atoms with van der Waals surface area (Å²) in [6.45, 7) is 0. The Morgan fingerprint density at radius 3 is 2.84 bits per heavy atom. The fraction of sp³-hybridized carbons (Fsp3) is 0.0714. The first-order chi connectivity index (χ1) is 9.11. The molecule has 0 fully saturated rings. The van der Waals surface area contributed by atoms with E-state index < -0.39 is 0 Å². The van der Waals surface area contributed by atoms with Crippen LogP contribution in [0.1, 0.15) is 15.9 Å². The quantitative estimate of drug-likeness (QED) is 0.883. The van der Waals surface area contributed by atoms with Gasteiger partial charge in [0.05, 0.1) is 11.6 Å². The van der Waals surface area contributed by atoms with Crippen molar-refractivity contribution in [2.75, 3.05) is 17.7 Å². The maximum Gasteiger partial charge on any atom is 0.258 e. The van der Waals surface area contributed by atoms with Crippen molar-refractivity contribution in [3.05, 3.63) is 53.7 Å². The first-order valence-corrected chi connectivity index (χ1v) is 5.61. The first-order valence-electron chi connectivity index (χ1n) is 5.61. The van der Waals surface area contributed by atoms with Gasteiger partial charge in [-0.25, -0.2) is 4.98 Å². The Hall–Kier alpha value is -2.87. The van der Waals surface area contributed by atoms with E-state index in [2.05, 4.69) is 4.98 Å². The summed E-state index contributed by atoms with van der Waals surface area (Å²) in [5, 5.41) is 8.86. The molecule has 19 heavy (non-hydrogen) atoms. The molecule has 1 amide bonds. The number of hydrogen-bond donors (Lipinski definition) is 1. The lowest BCUT2D eigenvalue weighted by Gasteiger charge is -2.17.